The zero-order valence-corrected chi connectivity index (χ0v) is 15.1. The third-order valence-corrected chi connectivity index (χ3v) is 5.19. The van der Waals surface area contributed by atoms with Gasteiger partial charge in [-0.05, 0) is 48.7 Å². The minimum atomic E-state index is -0.549. The number of aromatic amines is 1. The lowest BCUT2D eigenvalue weighted by molar-refractivity contribution is -0.131. The number of aromatic nitrogens is 1. The summed E-state index contributed by atoms with van der Waals surface area (Å²) in [5.41, 5.74) is 2.20. The Morgan fingerprint density at radius 2 is 1.82 bits per heavy atom. The fourth-order valence-corrected chi connectivity index (χ4v) is 3.61. The van der Waals surface area contributed by atoms with E-state index in [1.165, 1.54) is 12.1 Å². The average Bonchev–Trinajstić information content (AvgIpc) is 3.08. The lowest BCUT2D eigenvalue weighted by atomic mass is 9.88. The first-order valence-corrected chi connectivity index (χ1v) is 9.19. The molecule has 4 rings (SSSR count). The van der Waals surface area contributed by atoms with Crippen molar-refractivity contribution in [1.82, 2.24) is 9.88 Å². The molecule has 0 spiro atoms. The number of Topliss-reactive ketones (excluding diaryl/α,β-unsaturated/α-hetero) is 1. The summed E-state index contributed by atoms with van der Waals surface area (Å²) in [7, 11) is 0. The number of benzene rings is 2. The number of rotatable bonds is 4. The summed E-state index contributed by atoms with van der Waals surface area (Å²) in [6, 6.07) is 10.8. The van der Waals surface area contributed by atoms with Crippen LogP contribution in [0.3, 0.4) is 0 Å². The van der Waals surface area contributed by atoms with Gasteiger partial charge in [-0.3, -0.25) is 14.6 Å². The van der Waals surface area contributed by atoms with Crippen LogP contribution in [0.2, 0.25) is 0 Å². The van der Waals surface area contributed by atoms with E-state index in [9.17, 15) is 18.8 Å². The number of H-pyrrole nitrogens is 1. The lowest BCUT2D eigenvalue weighted by Crippen LogP contribution is -2.41. The van der Waals surface area contributed by atoms with Gasteiger partial charge in [-0.1, -0.05) is 12.1 Å². The van der Waals surface area contributed by atoms with Crippen LogP contribution in [-0.4, -0.2) is 34.7 Å². The standard InChI is InChI=1S/C21H19FN2O4/c22-16-4-1-13(2-5-16)11-19(25)24-9-7-14(8-10-24)20(26)15-3-6-17-18(12-15)28-21(27)23-17/h1-6,12,14H,7-11H2,(H,23,27). The molecular weight excluding hydrogens is 363 g/mol. The summed E-state index contributed by atoms with van der Waals surface area (Å²) >= 11 is 0. The van der Waals surface area contributed by atoms with Crippen LogP contribution in [0.4, 0.5) is 4.39 Å². The molecule has 6 nitrogen and oxygen atoms in total. The predicted octanol–water partition coefficient (Wildman–Crippen LogP) is 2.92. The highest BCUT2D eigenvalue weighted by atomic mass is 19.1. The molecule has 144 valence electrons. The third-order valence-electron chi connectivity index (χ3n) is 5.19. The number of likely N-dealkylation sites (tertiary alicyclic amines) is 1. The summed E-state index contributed by atoms with van der Waals surface area (Å²) in [6.07, 6.45) is 1.40. The number of piperidine rings is 1. The van der Waals surface area contributed by atoms with Crippen molar-refractivity contribution < 1.29 is 18.4 Å². The van der Waals surface area contributed by atoms with Crippen molar-refractivity contribution in [2.75, 3.05) is 13.1 Å². The van der Waals surface area contributed by atoms with E-state index < -0.39 is 5.76 Å². The van der Waals surface area contributed by atoms with Gasteiger partial charge in [0, 0.05) is 24.6 Å². The molecule has 3 aromatic rings. The molecule has 0 saturated carbocycles. The van der Waals surface area contributed by atoms with Crippen LogP contribution in [0.25, 0.3) is 11.1 Å². The normalized spacial score (nSPS) is 15.1. The van der Waals surface area contributed by atoms with Crippen LogP contribution in [-0.2, 0) is 11.2 Å². The molecule has 2 heterocycles. The minimum Gasteiger partial charge on any atom is -0.408 e. The second-order valence-corrected chi connectivity index (χ2v) is 7.05. The van der Waals surface area contributed by atoms with Gasteiger partial charge in [0.2, 0.25) is 5.91 Å². The lowest BCUT2D eigenvalue weighted by Gasteiger charge is -2.31. The van der Waals surface area contributed by atoms with Gasteiger partial charge >= 0.3 is 5.76 Å². The Morgan fingerprint density at radius 3 is 2.54 bits per heavy atom. The summed E-state index contributed by atoms with van der Waals surface area (Å²) in [4.78, 5) is 40.8. The number of hydrogen-bond acceptors (Lipinski definition) is 4. The highest BCUT2D eigenvalue weighted by molar-refractivity contribution is 6.00. The Hall–Kier alpha value is -3.22. The molecule has 28 heavy (non-hydrogen) atoms. The van der Waals surface area contributed by atoms with Gasteiger partial charge in [-0.25, -0.2) is 9.18 Å². The molecule has 1 aliphatic rings. The Morgan fingerprint density at radius 1 is 1.11 bits per heavy atom. The highest BCUT2D eigenvalue weighted by Gasteiger charge is 2.28. The SMILES string of the molecule is O=C(c1ccc2[nH]c(=O)oc2c1)C1CCN(C(=O)Cc2ccc(F)cc2)CC1. The van der Waals surface area contributed by atoms with Crippen molar-refractivity contribution in [2.24, 2.45) is 5.92 Å². The quantitative estimate of drug-likeness (QED) is 0.704. The largest absolute Gasteiger partial charge is 0.417 e. The number of fused-ring (bicyclic) bond motifs is 1. The number of ketones is 1. The van der Waals surface area contributed by atoms with Crippen LogP contribution in [0.1, 0.15) is 28.8 Å². The maximum atomic E-state index is 13.0. The van der Waals surface area contributed by atoms with E-state index in [2.05, 4.69) is 4.98 Å². The summed E-state index contributed by atoms with van der Waals surface area (Å²) < 4.78 is 18.0. The average molecular weight is 382 g/mol. The summed E-state index contributed by atoms with van der Waals surface area (Å²) in [5.74, 6) is -1.07. The number of hydrogen-bond donors (Lipinski definition) is 1. The van der Waals surface area contributed by atoms with E-state index in [0.29, 0.717) is 42.6 Å². The second-order valence-electron chi connectivity index (χ2n) is 7.05. The van der Waals surface area contributed by atoms with Gasteiger partial charge in [0.25, 0.3) is 0 Å². The minimum absolute atomic E-state index is 0.00335. The molecule has 0 radical (unpaired) electrons. The van der Waals surface area contributed by atoms with Gasteiger partial charge < -0.3 is 9.32 Å². The molecule has 0 aliphatic carbocycles. The summed E-state index contributed by atoms with van der Waals surface area (Å²) in [6.45, 7) is 1.02. The monoisotopic (exact) mass is 382 g/mol. The van der Waals surface area contributed by atoms with Crippen molar-refractivity contribution in [1.29, 1.82) is 0 Å². The first-order valence-electron chi connectivity index (χ1n) is 9.19. The van der Waals surface area contributed by atoms with E-state index >= 15 is 0 Å². The topological polar surface area (TPSA) is 83.4 Å². The van der Waals surface area contributed by atoms with Crippen LogP contribution in [0, 0.1) is 11.7 Å². The van der Waals surface area contributed by atoms with Crippen LogP contribution in [0.15, 0.2) is 51.7 Å². The van der Waals surface area contributed by atoms with Gasteiger partial charge in [0.05, 0.1) is 11.9 Å². The van der Waals surface area contributed by atoms with Crippen molar-refractivity contribution in [2.45, 2.75) is 19.3 Å². The maximum absolute atomic E-state index is 13.0. The highest BCUT2D eigenvalue weighted by Crippen LogP contribution is 2.24. The molecule has 2 aromatic carbocycles. The number of amides is 1. The third kappa shape index (κ3) is 3.74. The van der Waals surface area contributed by atoms with Crippen molar-refractivity contribution in [3.8, 4) is 0 Å². The molecule has 1 amide bonds. The molecule has 1 N–H and O–H groups in total. The van der Waals surface area contributed by atoms with E-state index in [1.54, 1.807) is 35.2 Å². The van der Waals surface area contributed by atoms with E-state index in [1.807, 2.05) is 0 Å². The van der Waals surface area contributed by atoms with Crippen LogP contribution >= 0.6 is 0 Å². The van der Waals surface area contributed by atoms with Crippen LogP contribution in [0.5, 0.6) is 0 Å². The second kappa shape index (κ2) is 7.42. The Balaban J connectivity index is 1.37. The molecule has 7 heteroatoms. The maximum Gasteiger partial charge on any atom is 0.417 e. The molecule has 0 bridgehead atoms. The fraction of sp³-hybridized carbons (Fsp3) is 0.286. The van der Waals surface area contributed by atoms with Gasteiger partial charge in [-0.15, -0.1) is 0 Å². The van der Waals surface area contributed by atoms with Gasteiger partial charge in [-0.2, -0.15) is 0 Å². The number of oxazole rings is 1. The number of halogens is 1. The molecule has 1 aromatic heterocycles. The Labute approximate surface area is 160 Å². The number of carbonyl (C=O) groups excluding carboxylic acids is 2. The molecule has 1 saturated heterocycles. The van der Waals surface area contributed by atoms with E-state index in [4.69, 9.17) is 4.42 Å². The number of nitrogens with zero attached hydrogens (tertiary/aromatic N) is 1. The fourth-order valence-electron chi connectivity index (χ4n) is 3.61. The first-order chi connectivity index (χ1) is 13.5. The van der Waals surface area contributed by atoms with Crippen LogP contribution < -0.4 is 5.76 Å². The smallest absolute Gasteiger partial charge is 0.408 e. The van der Waals surface area contributed by atoms with Gasteiger partial charge in [0.1, 0.15) is 5.82 Å². The van der Waals surface area contributed by atoms with Crippen molar-refractivity contribution in [3.63, 3.8) is 0 Å². The Bertz CT molecular complexity index is 1080. The molecule has 0 atom stereocenters. The number of carbonyl (C=O) groups is 2. The van der Waals surface area contributed by atoms with Crippen molar-refractivity contribution >= 4 is 22.8 Å². The van der Waals surface area contributed by atoms with Crippen molar-refractivity contribution in [3.05, 3.63) is 70.0 Å². The molecular formula is C21H19FN2O4. The zero-order chi connectivity index (χ0) is 19.7. The van der Waals surface area contributed by atoms with E-state index in [-0.39, 0.29) is 29.8 Å². The zero-order valence-electron chi connectivity index (χ0n) is 15.1. The predicted molar refractivity (Wildman–Crippen MR) is 101 cm³/mol. The summed E-state index contributed by atoms with van der Waals surface area (Å²) in [5, 5.41) is 0. The molecule has 1 aliphatic heterocycles. The molecule has 1 fully saturated rings. The Kier molecular flexibility index (Phi) is 4.81. The molecule has 0 unspecified atom stereocenters. The number of nitrogens with one attached hydrogen (secondary N) is 1. The van der Waals surface area contributed by atoms with E-state index in [0.717, 1.165) is 5.56 Å². The van der Waals surface area contributed by atoms with Gasteiger partial charge in [0.15, 0.2) is 11.4 Å². The first kappa shape index (κ1) is 18.2.